The summed E-state index contributed by atoms with van der Waals surface area (Å²) in [6.45, 7) is 0.397. The lowest BCUT2D eigenvalue weighted by atomic mass is 10.1. The van der Waals surface area contributed by atoms with E-state index in [4.69, 9.17) is 23.2 Å². The van der Waals surface area contributed by atoms with E-state index < -0.39 is 32.8 Å². The van der Waals surface area contributed by atoms with Gasteiger partial charge in [0.2, 0.25) is 0 Å². The summed E-state index contributed by atoms with van der Waals surface area (Å²) in [5.41, 5.74) is -2.25. The highest BCUT2D eigenvalue weighted by molar-refractivity contribution is 6.18. The zero-order valence-electron chi connectivity index (χ0n) is 12.0. The number of benzene rings is 1. The SMILES string of the molecule is COC(=O)c1ccc(N(CCCl)CCCl)c([N+](=O)[O-])c1[N+](=O)[O-]. The highest BCUT2D eigenvalue weighted by Crippen LogP contribution is 2.40. The fourth-order valence-electron chi connectivity index (χ4n) is 2.02. The first-order chi connectivity index (χ1) is 10.9. The van der Waals surface area contributed by atoms with E-state index in [2.05, 4.69) is 4.74 Å². The molecule has 9 nitrogen and oxygen atoms in total. The minimum absolute atomic E-state index is 0.0318. The van der Waals surface area contributed by atoms with Gasteiger partial charge in [0.05, 0.1) is 17.0 Å². The summed E-state index contributed by atoms with van der Waals surface area (Å²) in [5.74, 6) is -0.756. The molecule has 0 fully saturated rings. The van der Waals surface area contributed by atoms with Crippen molar-refractivity contribution < 1.29 is 19.4 Å². The molecule has 0 radical (unpaired) electrons. The van der Waals surface area contributed by atoms with Crippen molar-refractivity contribution in [3.8, 4) is 0 Å². The molecule has 1 rings (SSSR count). The number of carbonyl (C=O) groups is 1. The van der Waals surface area contributed by atoms with E-state index in [-0.39, 0.29) is 30.5 Å². The second-order valence-electron chi connectivity index (χ2n) is 4.20. The Morgan fingerprint density at radius 2 is 1.65 bits per heavy atom. The Labute approximate surface area is 141 Å². The van der Waals surface area contributed by atoms with Crippen LogP contribution in [0.15, 0.2) is 12.1 Å². The number of anilines is 1. The number of methoxy groups -OCH3 is 1. The van der Waals surface area contributed by atoms with Crippen LogP contribution in [-0.2, 0) is 4.74 Å². The van der Waals surface area contributed by atoms with Crippen molar-refractivity contribution in [1.29, 1.82) is 0 Å². The quantitative estimate of drug-likeness (QED) is 0.300. The first-order valence-electron chi connectivity index (χ1n) is 6.30. The molecule has 0 heterocycles. The Hall–Kier alpha value is -2.13. The van der Waals surface area contributed by atoms with Crippen molar-refractivity contribution in [1.82, 2.24) is 0 Å². The molecule has 0 aromatic heterocycles. The van der Waals surface area contributed by atoms with Crippen LogP contribution in [0.2, 0.25) is 0 Å². The van der Waals surface area contributed by atoms with E-state index in [1.54, 1.807) is 0 Å². The normalized spacial score (nSPS) is 10.2. The Kier molecular flexibility index (Phi) is 6.98. The molecule has 1 aromatic rings. The summed E-state index contributed by atoms with van der Waals surface area (Å²) in [4.78, 5) is 33.9. The van der Waals surface area contributed by atoms with Gasteiger partial charge in [-0.1, -0.05) is 0 Å². The number of rotatable bonds is 8. The molecule has 0 atom stereocenters. The number of ether oxygens (including phenoxy) is 1. The lowest BCUT2D eigenvalue weighted by molar-refractivity contribution is -0.422. The maximum Gasteiger partial charge on any atom is 0.369 e. The molecule has 126 valence electrons. The van der Waals surface area contributed by atoms with Crippen molar-refractivity contribution in [3.05, 3.63) is 37.9 Å². The topological polar surface area (TPSA) is 116 Å². The van der Waals surface area contributed by atoms with Crippen molar-refractivity contribution in [3.63, 3.8) is 0 Å². The van der Waals surface area contributed by atoms with Crippen molar-refractivity contribution >= 4 is 46.2 Å². The van der Waals surface area contributed by atoms with E-state index in [1.807, 2.05) is 0 Å². The second-order valence-corrected chi connectivity index (χ2v) is 4.96. The molecule has 0 aliphatic rings. The summed E-state index contributed by atoms with van der Waals surface area (Å²) in [6, 6.07) is 2.36. The minimum Gasteiger partial charge on any atom is -0.465 e. The summed E-state index contributed by atoms with van der Waals surface area (Å²) in [6.07, 6.45) is 0. The summed E-state index contributed by atoms with van der Waals surface area (Å²) < 4.78 is 4.44. The van der Waals surface area contributed by atoms with Crippen LogP contribution in [0.25, 0.3) is 0 Å². The number of nitrogens with zero attached hydrogens (tertiary/aromatic N) is 3. The van der Waals surface area contributed by atoms with Crippen LogP contribution in [0.3, 0.4) is 0 Å². The summed E-state index contributed by atoms with van der Waals surface area (Å²) >= 11 is 11.3. The number of alkyl halides is 2. The van der Waals surface area contributed by atoms with Crippen LogP contribution >= 0.6 is 23.2 Å². The molecule has 1 aromatic carbocycles. The summed E-state index contributed by atoms with van der Waals surface area (Å²) in [7, 11) is 1.03. The van der Waals surface area contributed by atoms with E-state index in [9.17, 15) is 25.0 Å². The standard InChI is InChI=1S/C12H13Cl2N3O6/c1-23-12(18)8-2-3-9(15(6-4-13)7-5-14)11(17(21)22)10(8)16(19)20/h2-3H,4-7H2,1H3. The lowest BCUT2D eigenvalue weighted by Gasteiger charge is -2.22. The molecule has 0 aliphatic carbocycles. The van der Waals surface area contributed by atoms with Gasteiger partial charge in [-0.25, -0.2) is 4.79 Å². The zero-order chi connectivity index (χ0) is 17.6. The summed E-state index contributed by atoms with van der Waals surface area (Å²) in [5, 5.41) is 22.7. The number of nitro benzene ring substituents is 2. The predicted octanol–water partition coefficient (Wildman–Crippen LogP) is 2.57. The maximum atomic E-state index is 11.6. The third-order valence-electron chi connectivity index (χ3n) is 2.95. The highest BCUT2D eigenvalue weighted by atomic mass is 35.5. The van der Waals surface area contributed by atoms with Gasteiger partial charge in [0, 0.05) is 24.8 Å². The molecule has 11 heteroatoms. The third kappa shape index (κ3) is 4.20. The largest absolute Gasteiger partial charge is 0.465 e. The van der Waals surface area contributed by atoms with Crippen molar-refractivity contribution in [2.24, 2.45) is 0 Å². The molecule has 0 spiro atoms. The Morgan fingerprint density at radius 3 is 2.04 bits per heavy atom. The predicted molar refractivity (Wildman–Crippen MR) is 84.7 cm³/mol. The molecular formula is C12H13Cl2N3O6. The van der Waals surface area contributed by atoms with Gasteiger partial charge in [-0.3, -0.25) is 20.2 Å². The van der Waals surface area contributed by atoms with Crippen LogP contribution in [0, 0.1) is 20.2 Å². The zero-order valence-corrected chi connectivity index (χ0v) is 13.5. The Balaban J connectivity index is 3.66. The molecule has 0 unspecified atom stereocenters. The van der Waals surface area contributed by atoms with Gasteiger partial charge < -0.3 is 9.64 Å². The van der Waals surface area contributed by atoms with Crippen LogP contribution in [0.4, 0.5) is 17.1 Å². The molecule has 0 bridgehead atoms. The van der Waals surface area contributed by atoms with Gasteiger partial charge >= 0.3 is 17.3 Å². The molecule has 0 saturated heterocycles. The van der Waals surface area contributed by atoms with Gasteiger partial charge in [-0.15, -0.1) is 23.2 Å². The molecule has 23 heavy (non-hydrogen) atoms. The van der Waals surface area contributed by atoms with Crippen LogP contribution in [0.5, 0.6) is 0 Å². The number of halogens is 2. The van der Waals surface area contributed by atoms with E-state index >= 15 is 0 Å². The first kappa shape index (κ1) is 18.9. The van der Waals surface area contributed by atoms with Crippen molar-refractivity contribution in [2.45, 2.75) is 0 Å². The fraction of sp³-hybridized carbons (Fsp3) is 0.417. The first-order valence-corrected chi connectivity index (χ1v) is 7.36. The molecule has 0 N–H and O–H groups in total. The Bertz CT molecular complexity index is 619. The molecule has 0 amide bonds. The number of hydrogen-bond acceptors (Lipinski definition) is 7. The van der Waals surface area contributed by atoms with E-state index in [1.165, 1.54) is 11.0 Å². The number of hydrogen-bond donors (Lipinski definition) is 0. The Morgan fingerprint density at radius 1 is 1.13 bits per heavy atom. The van der Waals surface area contributed by atoms with Crippen LogP contribution < -0.4 is 4.90 Å². The van der Waals surface area contributed by atoms with Gasteiger partial charge in [-0.05, 0) is 12.1 Å². The lowest BCUT2D eigenvalue weighted by Crippen LogP contribution is -2.28. The van der Waals surface area contributed by atoms with Gasteiger partial charge in [0.25, 0.3) is 0 Å². The number of esters is 1. The van der Waals surface area contributed by atoms with Gasteiger partial charge in [0.1, 0.15) is 11.3 Å². The fourth-order valence-corrected chi connectivity index (χ4v) is 2.43. The molecule has 0 aliphatic heterocycles. The number of carbonyl (C=O) groups excluding carboxylic acids is 1. The van der Waals surface area contributed by atoms with Crippen LogP contribution in [-0.4, -0.2) is 47.8 Å². The average molecular weight is 366 g/mol. The maximum absolute atomic E-state index is 11.6. The third-order valence-corrected chi connectivity index (χ3v) is 3.29. The minimum atomic E-state index is -1.03. The van der Waals surface area contributed by atoms with Crippen LogP contribution in [0.1, 0.15) is 10.4 Å². The smallest absolute Gasteiger partial charge is 0.369 e. The molecular weight excluding hydrogens is 353 g/mol. The average Bonchev–Trinajstić information content (AvgIpc) is 2.52. The monoisotopic (exact) mass is 365 g/mol. The second kappa shape index (κ2) is 8.49. The number of nitro groups is 2. The molecule has 0 saturated carbocycles. The van der Waals surface area contributed by atoms with Gasteiger partial charge in [0.15, 0.2) is 0 Å². The van der Waals surface area contributed by atoms with E-state index in [0.29, 0.717) is 0 Å². The van der Waals surface area contributed by atoms with E-state index in [0.717, 1.165) is 13.2 Å². The van der Waals surface area contributed by atoms with Gasteiger partial charge in [-0.2, -0.15) is 0 Å². The highest BCUT2D eigenvalue weighted by Gasteiger charge is 2.37. The van der Waals surface area contributed by atoms with Crippen molar-refractivity contribution in [2.75, 3.05) is 36.9 Å².